The Morgan fingerprint density at radius 1 is 1.60 bits per heavy atom. The molecule has 0 amide bonds. The average molecular weight is 290 g/mol. The van der Waals surface area contributed by atoms with Crippen molar-refractivity contribution in [1.29, 1.82) is 0 Å². The van der Waals surface area contributed by atoms with E-state index in [9.17, 15) is 4.79 Å². The number of aryl methyl sites for hydroxylation is 1. The van der Waals surface area contributed by atoms with E-state index in [4.69, 9.17) is 5.11 Å². The minimum atomic E-state index is -0.832. The first-order chi connectivity index (χ1) is 9.52. The first-order valence-corrected chi connectivity index (χ1v) is 7.45. The van der Waals surface area contributed by atoms with Gasteiger partial charge in [-0.2, -0.15) is 0 Å². The van der Waals surface area contributed by atoms with Gasteiger partial charge in [-0.1, -0.05) is 23.9 Å². The van der Waals surface area contributed by atoms with E-state index in [0.29, 0.717) is 0 Å². The zero-order valence-electron chi connectivity index (χ0n) is 11.7. The number of fused-ring (bicyclic) bond motifs is 1. The maximum atomic E-state index is 10.8. The summed E-state index contributed by atoms with van der Waals surface area (Å²) in [5, 5.41) is 9.60. The van der Waals surface area contributed by atoms with Crippen LogP contribution in [-0.4, -0.2) is 26.4 Å². The van der Waals surface area contributed by atoms with Crippen molar-refractivity contribution in [3.8, 4) is 0 Å². The van der Waals surface area contributed by atoms with Gasteiger partial charge < -0.3 is 9.67 Å². The topological polar surface area (TPSA) is 55.1 Å². The van der Waals surface area contributed by atoms with Gasteiger partial charge in [-0.15, -0.1) is 6.58 Å². The van der Waals surface area contributed by atoms with Gasteiger partial charge in [0.25, 0.3) is 0 Å². The van der Waals surface area contributed by atoms with Crippen molar-refractivity contribution in [1.82, 2.24) is 9.55 Å². The number of aromatic nitrogens is 2. The molecule has 20 heavy (non-hydrogen) atoms. The highest BCUT2D eigenvalue weighted by Gasteiger charge is 2.16. The number of nitrogens with zero attached hydrogens (tertiary/aromatic N) is 2. The number of benzene rings is 1. The van der Waals surface area contributed by atoms with Gasteiger partial charge in [0.15, 0.2) is 5.16 Å². The Kier molecular flexibility index (Phi) is 4.49. The van der Waals surface area contributed by atoms with E-state index >= 15 is 0 Å². The lowest BCUT2D eigenvalue weighted by Gasteiger charge is -2.15. The quantitative estimate of drug-likeness (QED) is 0.651. The third-order valence-corrected chi connectivity index (χ3v) is 4.02. The van der Waals surface area contributed by atoms with Crippen LogP contribution in [0.25, 0.3) is 11.0 Å². The van der Waals surface area contributed by atoms with E-state index in [-0.39, 0.29) is 11.8 Å². The molecule has 1 aromatic carbocycles. The minimum absolute atomic E-state index is 0.0170. The number of carbonyl (C=O) groups is 1. The van der Waals surface area contributed by atoms with Gasteiger partial charge in [-0.25, -0.2) is 4.98 Å². The number of carboxylic acids is 1. The molecule has 0 bridgehead atoms. The largest absolute Gasteiger partial charge is 0.481 e. The molecular formula is C15H18N2O2S. The van der Waals surface area contributed by atoms with Gasteiger partial charge in [-0.05, 0) is 38.0 Å². The summed E-state index contributed by atoms with van der Waals surface area (Å²) in [5.74, 6) is -0.815. The summed E-state index contributed by atoms with van der Waals surface area (Å²) in [6, 6.07) is 6.29. The first kappa shape index (κ1) is 14.7. The molecule has 0 aliphatic rings. The lowest BCUT2D eigenvalue weighted by molar-refractivity contribution is -0.133. The van der Waals surface area contributed by atoms with Gasteiger partial charge in [0, 0.05) is 6.04 Å². The number of hydrogen-bond donors (Lipinski definition) is 1. The summed E-state index contributed by atoms with van der Waals surface area (Å²) in [4.78, 5) is 15.3. The maximum absolute atomic E-state index is 10.8. The van der Waals surface area contributed by atoms with Crippen LogP contribution in [-0.2, 0) is 4.79 Å². The SMILES string of the molecule is C=CCC(C)n1c(SCC(=O)O)nc2ccc(C)cc21. The second kappa shape index (κ2) is 6.13. The van der Waals surface area contributed by atoms with Crippen molar-refractivity contribution in [3.05, 3.63) is 36.4 Å². The van der Waals surface area contributed by atoms with Crippen LogP contribution in [0.2, 0.25) is 0 Å². The smallest absolute Gasteiger partial charge is 0.313 e. The maximum Gasteiger partial charge on any atom is 0.313 e. The molecule has 1 atom stereocenters. The van der Waals surface area contributed by atoms with E-state index in [1.54, 1.807) is 0 Å². The van der Waals surface area contributed by atoms with Crippen molar-refractivity contribution >= 4 is 28.8 Å². The molecule has 4 nitrogen and oxygen atoms in total. The van der Waals surface area contributed by atoms with Gasteiger partial charge in [0.1, 0.15) is 0 Å². The van der Waals surface area contributed by atoms with E-state index in [1.165, 1.54) is 17.3 Å². The molecule has 5 heteroatoms. The minimum Gasteiger partial charge on any atom is -0.481 e. The number of thioether (sulfide) groups is 1. The lowest BCUT2D eigenvalue weighted by Crippen LogP contribution is -2.07. The predicted octanol–water partition coefficient (Wildman–Crippen LogP) is 3.66. The standard InChI is InChI=1S/C15H18N2O2S/c1-4-5-11(3)17-13-8-10(2)6-7-12(13)16-15(17)20-9-14(18)19/h4,6-8,11H,1,5,9H2,2-3H3,(H,18,19). The second-order valence-corrected chi connectivity index (χ2v) is 5.75. The third kappa shape index (κ3) is 3.04. The molecule has 1 heterocycles. The highest BCUT2D eigenvalue weighted by Crippen LogP contribution is 2.29. The highest BCUT2D eigenvalue weighted by molar-refractivity contribution is 7.99. The molecule has 0 radical (unpaired) electrons. The molecule has 0 saturated carbocycles. The Morgan fingerprint density at radius 3 is 3.00 bits per heavy atom. The molecule has 106 valence electrons. The Hall–Kier alpha value is -1.75. The molecule has 2 aromatic rings. The molecule has 0 spiro atoms. The number of rotatable bonds is 6. The molecular weight excluding hydrogens is 272 g/mol. The average Bonchev–Trinajstić information content (AvgIpc) is 2.74. The van der Waals surface area contributed by atoms with Crippen molar-refractivity contribution in [2.24, 2.45) is 0 Å². The van der Waals surface area contributed by atoms with E-state index in [0.717, 1.165) is 22.6 Å². The van der Waals surface area contributed by atoms with Crippen LogP contribution < -0.4 is 0 Å². The van der Waals surface area contributed by atoms with Gasteiger partial charge in [-0.3, -0.25) is 4.79 Å². The lowest BCUT2D eigenvalue weighted by atomic mass is 10.2. The fourth-order valence-electron chi connectivity index (χ4n) is 2.18. The van der Waals surface area contributed by atoms with Crippen LogP contribution in [0.15, 0.2) is 36.0 Å². The molecule has 0 saturated heterocycles. The molecule has 2 rings (SSSR count). The van der Waals surface area contributed by atoms with Crippen LogP contribution >= 0.6 is 11.8 Å². The summed E-state index contributed by atoms with van der Waals surface area (Å²) in [7, 11) is 0. The zero-order valence-corrected chi connectivity index (χ0v) is 12.5. The fraction of sp³-hybridized carbons (Fsp3) is 0.333. The molecule has 0 aliphatic heterocycles. The molecule has 1 aromatic heterocycles. The molecule has 0 aliphatic carbocycles. The van der Waals surface area contributed by atoms with E-state index in [1.807, 2.05) is 25.1 Å². The van der Waals surface area contributed by atoms with Crippen molar-refractivity contribution in [3.63, 3.8) is 0 Å². The number of imidazole rings is 1. The van der Waals surface area contributed by atoms with Crippen LogP contribution in [0, 0.1) is 6.92 Å². The Labute approximate surface area is 122 Å². The number of carboxylic acid groups (broad SMARTS) is 1. The monoisotopic (exact) mass is 290 g/mol. The fourth-order valence-corrected chi connectivity index (χ4v) is 3.01. The van der Waals surface area contributed by atoms with E-state index < -0.39 is 5.97 Å². The van der Waals surface area contributed by atoms with Crippen molar-refractivity contribution in [2.75, 3.05) is 5.75 Å². The van der Waals surface area contributed by atoms with Crippen molar-refractivity contribution < 1.29 is 9.90 Å². The van der Waals surface area contributed by atoms with E-state index in [2.05, 4.69) is 29.1 Å². The van der Waals surface area contributed by atoms with Gasteiger partial charge in [0.05, 0.1) is 16.8 Å². The van der Waals surface area contributed by atoms with Gasteiger partial charge >= 0.3 is 5.97 Å². The molecule has 1 N–H and O–H groups in total. The van der Waals surface area contributed by atoms with Crippen LogP contribution in [0.1, 0.15) is 24.9 Å². The molecule has 0 fully saturated rings. The predicted molar refractivity (Wildman–Crippen MR) is 82.4 cm³/mol. The number of aliphatic carboxylic acids is 1. The summed E-state index contributed by atoms with van der Waals surface area (Å²) in [5.41, 5.74) is 3.12. The van der Waals surface area contributed by atoms with Crippen LogP contribution in [0.3, 0.4) is 0 Å². The van der Waals surface area contributed by atoms with Gasteiger partial charge in [0.2, 0.25) is 0 Å². The summed E-state index contributed by atoms with van der Waals surface area (Å²) >= 11 is 1.26. The highest BCUT2D eigenvalue weighted by atomic mass is 32.2. The number of hydrogen-bond acceptors (Lipinski definition) is 3. The summed E-state index contributed by atoms with van der Waals surface area (Å²) in [6.45, 7) is 7.91. The van der Waals surface area contributed by atoms with Crippen molar-refractivity contribution in [2.45, 2.75) is 31.5 Å². The zero-order chi connectivity index (χ0) is 14.7. The number of allylic oxidation sites excluding steroid dienone is 1. The third-order valence-electron chi connectivity index (χ3n) is 3.09. The second-order valence-electron chi connectivity index (χ2n) is 4.81. The summed E-state index contributed by atoms with van der Waals surface area (Å²) < 4.78 is 2.11. The van der Waals surface area contributed by atoms with Crippen LogP contribution in [0.5, 0.6) is 0 Å². The Balaban J connectivity index is 2.50. The molecule has 1 unspecified atom stereocenters. The Bertz CT molecular complexity index is 649. The normalized spacial score (nSPS) is 12.5. The summed E-state index contributed by atoms with van der Waals surface area (Å²) in [6.07, 6.45) is 2.69. The first-order valence-electron chi connectivity index (χ1n) is 6.47. The Morgan fingerprint density at radius 2 is 2.35 bits per heavy atom. The van der Waals surface area contributed by atoms with Crippen LogP contribution in [0.4, 0.5) is 0 Å².